The lowest BCUT2D eigenvalue weighted by atomic mass is 10.1. The number of nitrogens with zero attached hydrogens (tertiary/aromatic N) is 4. The first-order valence-electron chi connectivity index (χ1n) is 11.8. The molecule has 1 heterocycles. The number of hydrazone groups is 1. The van der Waals surface area contributed by atoms with Crippen LogP contribution in [-0.4, -0.2) is 39.6 Å². The lowest BCUT2D eigenvalue weighted by molar-refractivity contribution is -0.274. The van der Waals surface area contributed by atoms with Crippen molar-refractivity contribution >= 4 is 23.5 Å². The Kier molecular flexibility index (Phi) is 8.89. The minimum atomic E-state index is -4.74. The average molecular weight is 555 g/mol. The van der Waals surface area contributed by atoms with Gasteiger partial charge in [0.15, 0.2) is 10.9 Å². The Labute approximate surface area is 228 Å². The van der Waals surface area contributed by atoms with Crippen LogP contribution in [0.1, 0.15) is 29.7 Å². The van der Waals surface area contributed by atoms with Crippen LogP contribution in [0.2, 0.25) is 0 Å². The number of benzene rings is 3. The van der Waals surface area contributed by atoms with Gasteiger partial charge in [0.1, 0.15) is 12.1 Å². The predicted molar refractivity (Wildman–Crippen MR) is 146 cm³/mol. The van der Waals surface area contributed by atoms with Crippen molar-refractivity contribution in [1.82, 2.24) is 25.5 Å². The number of hydrogen-bond acceptors (Lipinski definition) is 6. The van der Waals surface area contributed by atoms with Gasteiger partial charge in [-0.15, -0.1) is 18.3 Å². The molecule has 12 heteroatoms. The van der Waals surface area contributed by atoms with Gasteiger partial charge in [0.2, 0.25) is 0 Å². The summed E-state index contributed by atoms with van der Waals surface area (Å²) < 4.78 is 47.5. The van der Waals surface area contributed by atoms with E-state index in [2.05, 4.69) is 30.7 Å². The van der Waals surface area contributed by atoms with Crippen LogP contribution in [0, 0.1) is 0 Å². The third kappa shape index (κ3) is 8.09. The Bertz CT molecular complexity index is 1410. The fourth-order valence-corrected chi connectivity index (χ4v) is 3.81. The number of rotatable bonds is 9. The van der Waals surface area contributed by atoms with Crippen LogP contribution < -0.4 is 15.5 Å². The van der Waals surface area contributed by atoms with E-state index in [-0.39, 0.29) is 11.8 Å². The third-order valence-electron chi connectivity index (χ3n) is 5.51. The number of aromatic nitrogens is 3. The van der Waals surface area contributed by atoms with E-state index in [0.29, 0.717) is 23.2 Å². The molecule has 1 unspecified atom stereocenters. The first-order chi connectivity index (χ1) is 18.7. The average Bonchev–Trinajstić information content (AvgIpc) is 3.39. The maximum Gasteiger partial charge on any atom is 0.573 e. The van der Waals surface area contributed by atoms with Crippen LogP contribution in [-0.2, 0) is 11.3 Å². The van der Waals surface area contributed by atoms with E-state index in [9.17, 15) is 13.2 Å². The molecule has 1 aromatic heterocycles. The van der Waals surface area contributed by atoms with Gasteiger partial charge in [-0.3, -0.25) is 5.43 Å². The molecule has 0 bridgehead atoms. The number of ether oxygens (including phenoxy) is 2. The summed E-state index contributed by atoms with van der Waals surface area (Å²) in [7, 11) is 1.66. The standard InChI is InChI=1S/C27H25F3N6O2S/c1-18(21-7-5-20(6-8-21)16-37-2)33-26(39)34-32-15-19-3-9-22(10-4-19)25-31-17-36(35-25)23-11-13-24(14-12-23)38-27(28,29)30/h3-15,17-18H,16H2,1-2H3,(H2,33,34,39)/b32-15+. The van der Waals surface area contributed by atoms with E-state index in [1.807, 2.05) is 55.5 Å². The first-order valence-corrected chi connectivity index (χ1v) is 12.2. The highest BCUT2D eigenvalue weighted by molar-refractivity contribution is 7.80. The molecular weight excluding hydrogens is 529 g/mol. The molecule has 39 heavy (non-hydrogen) atoms. The number of nitrogens with one attached hydrogen (secondary N) is 2. The molecule has 2 N–H and O–H groups in total. The molecule has 0 aliphatic rings. The third-order valence-corrected chi connectivity index (χ3v) is 5.72. The fraction of sp³-hybridized carbons (Fsp3) is 0.185. The molecule has 0 spiro atoms. The summed E-state index contributed by atoms with van der Waals surface area (Å²) >= 11 is 5.34. The summed E-state index contributed by atoms with van der Waals surface area (Å²) in [6.45, 7) is 2.58. The molecule has 0 fully saturated rings. The van der Waals surface area contributed by atoms with Crippen LogP contribution in [0.3, 0.4) is 0 Å². The lowest BCUT2D eigenvalue weighted by Gasteiger charge is -2.16. The zero-order valence-corrected chi connectivity index (χ0v) is 21.8. The molecule has 0 aliphatic heterocycles. The Hall–Kier alpha value is -4.29. The molecular formula is C27H25F3N6O2S. The minimum Gasteiger partial charge on any atom is -0.406 e. The molecule has 0 radical (unpaired) electrons. The van der Waals surface area contributed by atoms with Crippen LogP contribution >= 0.6 is 12.2 Å². The van der Waals surface area contributed by atoms with Crippen molar-refractivity contribution in [3.05, 3.63) is 95.8 Å². The maximum absolute atomic E-state index is 12.3. The minimum absolute atomic E-state index is 0.00505. The molecule has 8 nitrogen and oxygen atoms in total. The van der Waals surface area contributed by atoms with Gasteiger partial charge < -0.3 is 14.8 Å². The van der Waals surface area contributed by atoms with Crippen molar-refractivity contribution in [3.63, 3.8) is 0 Å². The van der Waals surface area contributed by atoms with E-state index in [1.165, 1.54) is 35.3 Å². The molecule has 4 rings (SSSR count). The highest BCUT2D eigenvalue weighted by Crippen LogP contribution is 2.24. The second-order valence-corrected chi connectivity index (χ2v) is 8.82. The van der Waals surface area contributed by atoms with Crippen LogP contribution in [0.25, 0.3) is 17.1 Å². The van der Waals surface area contributed by atoms with E-state index >= 15 is 0 Å². The molecule has 0 saturated carbocycles. The topological polar surface area (TPSA) is 85.6 Å². The number of hydrogen-bond donors (Lipinski definition) is 2. The van der Waals surface area contributed by atoms with Crippen molar-refractivity contribution < 1.29 is 22.6 Å². The number of alkyl halides is 3. The number of methoxy groups -OCH3 is 1. The van der Waals surface area contributed by atoms with Gasteiger partial charge >= 0.3 is 6.36 Å². The zero-order valence-electron chi connectivity index (χ0n) is 21.0. The van der Waals surface area contributed by atoms with Gasteiger partial charge in [0, 0.05) is 12.7 Å². The van der Waals surface area contributed by atoms with E-state index in [0.717, 1.165) is 22.3 Å². The summed E-state index contributed by atoms with van der Waals surface area (Å²) in [6.07, 6.45) is -1.62. The molecule has 0 aliphatic carbocycles. The highest BCUT2D eigenvalue weighted by atomic mass is 32.1. The summed E-state index contributed by atoms with van der Waals surface area (Å²) in [4.78, 5) is 4.29. The number of halogens is 3. The van der Waals surface area contributed by atoms with Gasteiger partial charge in [-0.25, -0.2) is 9.67 Å². The largest absolute Gasteiger partial charge is 0.573 e. The first kappa shape index (κ1) is 27.7. The SMILES string of the molecule is COCc1ccc(C(C)NC(=S)N/N=C/c2ccc(-c3ncn(-c4ccc(OC(F)(F)F)cc4)n3)cc2)cc1. The van der Waals surface area contributed by atoms with Gasteiger partial charge in [-0.1, -0.05) is 48.5 Å². The Morgan fingerprint density at radius 1 is 1.05 bits per heavy atom. The quantitative estimate of drug-likeness (QED) is 0.160. The summed E-state index contributed by atoms with van der Waals surface area (Å²) in [5.74, 6) is 0.152. The fourth-order valence-electron chi connectivity index (χ4n) is 3.59. The van der Waals surface area contributed by atoms with E-state index < -0.39 is 6.36 Å². The van der Waals surface area contributed by atoms with Crippen LogP contribution in [0.4, 0.5) is 13.2 Å². The summed E-state index contributed by atoms with van der Waals surface area (Å²) in [6, 6.07) is 20.8. The molecule has 1 atom stereocenters. The van der Waals surface area contributed by atoms with Crippen LogP contribution in [0.5, 0.6) is 5.75 Å². The van der Waals surface area contributed by atoms with Gasteiger partial charge in [0.05, 0.1) is 24.6 Å². The van der Waals surface area contributed by atoms with Crippen molar-refractivity contribution in [2.45, 2.75) is 25.9 Å². The second-order valence-electron chi connectivity index (χ2n) is 8.42. The molecule has 0 amide bonds. The Morgan fingerprint density at radius 2 is 1.74 bits per heavy atom. The maximum atomic E-state index is 12.3. The van der Waals surface area contributed by atoms with Crippen molar-refractivity contribution in [2.24, 2.45) is 5.10 Å². The summed E-state index contributed by atoms with van der Waals surface area (Å²) in [5.41, 5.74) is 7.14. The van der Waals surface area contributed by atoms with E-state index in [4.69, 9.17) is 17.0 Å². The Balaban J connectivity index is 1.29. The van der Waals surface area contributed by atoms with Crippen molar-refractivity contribution in [3.8, 4) is 22.8 Å². The Morgan fingerprint density at radius 3 is 2.38 bits per heavy atom. The van der Waals surface area contributed by atoms with Crippen molar-refractivity contribution in [2.75, 3.05) is 7.11 Å². The normalized spacial score (nSPS) is 12.3. The number of thiocarbonyl (C=S) groups is 1. The molecule has 3 aromatic carbocycles. The van der Waals surface area contributed by atoms with Gasteiger partial charge in [0.25, 0.3) is 0 Å². The zero-order chi connectivity index (χ0) is 27.8. The second kappa shape index (κ2) is 12.5. The smallest absolute Gasteiger partial charge is 0.406 e. The lowest BCUT2D eigenvalue weighted by Crippen LogP contribution is -2.34. The van der Waals surface area contributed by atoms with Gasteiger partial charge in [-0.05, 0) is 60.1 Å². The van der Waals surface area contributed by atoms with Crippen LogP contribution in [0.15, 0.2) is 84.2 Å². The monoisotopic (exact) mass is 554 g/mol. The van der Waals surface area contributed by atoms with Crippen molar-refractivity contribution in [1.29, 1.82) is 0 Å². The highest BCUT2D eigenvalue weighted by Gasteiger charge is 2.31. The van der Waals surface area contributed by atoms with Gasteiger partial charge in [-0.2, -0.15) is 5.10 Å². The molecule has 202 valence electrons. The van der Waals surface area contributed by atoms with E-state index in [1.54, 1.807) is 13.3 Å². The molecule has 4 aromatic rings. The summed E-state index contributed by atoms with van der Waals surface area (Å²) in [5, 5.41) is 12.2. The molecule has 0 saturated heterocycles. The predicted octanol–water partition coefficient (Wildman–Crippen LogP) is 5.54.